The van der Waals surface area contributed by atoms with E-state index in [0.717, 1.165) is 11.0 Å². The van der Waals surface area contributed by atoms with Gasteiger partial charge in [-0.2, -0.15) is 5.26 Å². The standard InChI is InChI=1S/C14H9N5O2/c15-7-9-1-3-12(14(5-9)19(20)21)18-10-2-4-11-13(6-10)17-8-16-11/h1-6,8,18H,(H,16,17). The summed E-state index contributed by atoms with van der Waals surface area (Å²) in [5.74, 6) is 0. The molecule has 21 heavy (non-hydrogen) atoms. The summed E-state index contributed by atoms with van der Waals surface area (Å²) in [5, 5.41) is 22.9. The normalized spacial score (nSPS) is 10.2. The molecule has 3 aromatic rings. The second-order valence-electron chi connectivity index (χ2n) is 4.36. The summed E-state index contributed by atoms with van der Waals surface area (Å²) in [7, 11) is 0. The maximum absolute atomic E-state index is 11.1. The molecule has 0 aliphatic heterocycles. The van der Waals surface area contributed by atoms with Crippen LogP contribution in [0.1, 0.15) is 5.56 Å². The average molecular weight is 279 g/mol. The van der Waals surface area contributed by atoms with Crippen molar-refractivity contribution in [3.63, 3.8) is 0 Å². The van der Waals surface area contributed by atoms with Crippen molar-refractivity contribution in [3.05, 3.63) is 58.4 Å². The molecular weight excluding hydrogens is 270 g/mol. The summed E-state index contributed by atoms with van der Waals surface area (Å²) < 4.78 is 0. The first-order valence-corrected chi connectivity index (χ1v) is 6.06. The third-order valence-electron chi connectivity index (χ3n) is 3.02. The van der Waals surface area contributed by atoms with Crippen LogP contribution >= 0.6 is 0 Å². The van der Waals surface area contributed by atoms with Gasteiger partial charge in [-0.3, -0.25) is 10.1 Å². The topological polar surface area (TPSA) is 108 Å². The second-order valence-corrected chi connectivity index (χ2v) is 4.36. The number of aromatic nitrogens is 2. The Morgan fingerprint density at radius 2 is 2.14 bits per heavy atom. The molecule has 0 bridgehead atoms. The SMILES string of the molecule is N#Cc1ccc(Nc2ccc3[nH]cnc3c2)c([N+](=O)[O-])c1. The number of hydrogen-bond donors (Lipinski definition) is 2. The Labute approximate surface area is 119 Å². The molecule has 1 heterocycles. The number of hydrogen-bond acceptors (Lipinski definition) is 5. The molecular formula is C14H9N5O2. The van der Waals surface area contributed by atoms with Crippen molar-refractivity contribution >= 4 is 28.1 Å². The minimum atomic E-state index is -0.518. The van der Waals surface area contributed by atoms with E-state index < -0.39 is 4.92 Å². The summed E-state index contributed by atoms with van der Waals surface area (Å²) in [6.45, 7) is 0. The molecule has 2 aromatic carbocycles. The number of nitrogens with one attached hydrogen (secondary N) is 2. The van der Waals surface area contributed by atoms with Crippen molar-refractivity contribution in [1.29, 1.82) is 5.26 Å². The number of imidazole rings is 1. The lowest BCUT2D eigenvalue weighted by molar-refractivity contribution is -0.383. The third-order valence-corrected chi connectivity index (χ3v) is 3.02. The van der Waals surface area contributed by atoms with Gasteiger partial charge in [0.25, 0.3) is 5.69 Å². The van der Waals surface area contributed by atoms with Crippen LogP contribution in [0.3, 0.4) is 0 Å². The van der Waals surface area contributed by atoms with Crippen LogP contribution in [0.5, 0.6) is 0 Å². The molecule has 0 saturated carbocycles. The smallest absolute Gasteiger partial charge is 0.293 e. The van der Waals surface area contributed by atoms with E-state index in [4.69, 9.17) is 5.26 Å². The van der Waals surface area contributed by atoms with Crippen LogP contribution in [-0.2, 0) is 0 Å². The monoisotopic (exact) mass is 279 g/mol. The van der Waals surface area contributed by atoms with Gasteiger partial charge in [0, 0.05) is 11.8 Å². The van der Waals surface area contributed by atoms with E-state index in [1.54, 1.807) is 18.5 Å². The van der Waals surface area contributed by atoms with Gasteiger partial charge in [-0.15, -0.1) is 0 Å². The summed E-state index contributed by atoms with van der Waals surface area (Å²) in [5.41, 5.74) is 2.76. The van der Waals surface area contributed by atoms with Crippen molar-refractivity contribution in [2.45, 2.75) is 0 Å². The number of anilines is 2. The highest BCUT2D eigenvalue weighted by atomic mass is 16.6. The molecule has 2 N–H and O–H groups in total. The number of rotatable bonds is 3. The zero-order chi connectivity index (χ0) is 14.8. The van der Waals surface area contributed by atoms with Gasteiger partial charge in [-0.05, 0) is 30.3 Å². The zero-order valence-corrected chi connectivity index (χ0v) is 10.7. The quantitative estimate of drug-likeness (QED) is 0.565. The summed E-state index contributed by atoms with van der Waals surface area (Å²) in [6, 6.07) is 11.6. The first kappa shape index (κ1) is 12.6. The van der Waals surface area contributed by atoms with Gasteiger partial charge in [0.15, 0.2) is 0 Å². The van der Waals surface area contributed by atoms with Crippen molar-refractivity contribution in [2.75, 3.05) is 5.32 Å². The van der Waals surface area contributed by atoms with Gasteiger partial charge in [-0.1, -0.05) is 0 Å². The van der Waals surface area contributed by atoms with Gasteiger partial charge in [-0.25, -0.2) is 4.98 Å². The zero-order valence-electron chi connectivity index (χ0n) is 10.7. The predicted molar refractivity (Wildman–Crippen MR) is 77.2 cm³/mol. The number of benzene rings is 2. The number of aromatic amines is 1. The lowest BCUT2D eigenvalue weighted by atomic mass is 10.1. The Hall–Kier alpha value is -3.40. The molecule has 0 spiro atoms. The van der Waals surface area contributed by atoms with E-state index in [9.17, 15) is 10.1 Å². The first-order valence-electron chi connectivity index (χ1n) is 6.06. The van der Waals surface area contributed by atoms with E-state index in [0.29, 0.717) is 11.4 Å². The van der Waals surface area contributed by atoms with Gasteiger partial charge < -0.3 is 10.3 Å². The summed E-state index contributed by atoms with van der Waals surface area (Å²) >= 11 is 0. The van der Waals surface area contributed by atoms with Crippen molar-refractivity contribution in [2.24, 2.45) is 0 Å². The van der Waals surface area contributed by atoms with Gasteiger partial charge in [0.2, 0.25) is 0 Å². The highest BCUT2D eigenvalue weighted by molar-refractivity contribution is 5.81. The average Bonchev–Trinajstić information content (AvgIpc) is 2.95. The minimum Gasteiger partial charge on any atom is -0.350 e. The van der Waals surface area contributed by atoms with E-state index in [1.165, 1.54) is 18.2 Å². The Balaban J connectivity index is 2.00. The number of fused-ring (bicyclic) bond motifs is 1. The molecule has 0 fully saturated rings. The van der Waals surface area contributed by atoms with E-state index in [-0.39, 0.29) is 11.3 Å². The fourth-order valence-electron chi connectivity index (χ4n) is 2.02. The van der Waals surface area contributed by atoms with Crippen LogP contribution in [0.15, 0.2) is 42.7 Å². The molecule has 102 valence electrons. The van der Waals surface area contributed by atoms with Crippen LogP contribution in [0.2, 0.25) is 0 Å². The van der Waals surface area contributed by atoms with Crippen LogP contribution in [0.25, 0.3) is 11.0 Å². The minimum absolute atomic E-state index is 0.142. The maximum atomic E-state index is 11.1. The van der Waals surface area contributed by atoms with E-state index in [1.807, 2.05) is 12.1 Å². The van der Waals surface area contributed by atoms with E-state index in [2.05, 4.69) is 15.3 Å². The van der Waals surface area contributed by atoms with Gasteiger partial charge in [0.1, 0.15) is 5.69 Å². The summed E-state index contributed by atoms with van der Waals surface area (Å²) in [4.78, 5) is 17.7. The molecule has 7 nitrogen and oxygen atoms in total. The Morgan fingerprint density at radius 3 is 2.90 bits per heavy atom. The molecule has 0 unspecified atom stereocenters. The fraction of sp³-hybridized carbons (Fsp3) is 0. The van der Waals surface area contributed by atoms with Crippen LogP contribution < -0.4 is 5.32 Å². The van der Waals surface area contributed by atoms with Crippen molar-refractivity contribution in [3.8, 4) is 6.07 Å². The highest BCUT2D eigenvalue weighted by Gasteiger charge is 2.15. The third kappa shape index (κ3) is 2.37. The number of nitriles is 1. The maximum Gasteiger partial charge on any atom is 0.293 e. The molecule has 0 radical (unpaired) electrons. The highest BCUT2D eigenvalue weighted by Crippen LogP contribution is 2.29. The number of nitro groups is 1. The van der Waals surface area contributed by atoms with Crippen molar-refractivity contribution in [1.82, 2.24) is 9.97 Å². The Kier molecular flexibility index (Phi) is 2.97. The van der Waals surface area contributed by atoms with Crippen molar-refractivity contribution < 1.29 is 4.92 Å². The largest absolute Gasteiger partial charge is 0.350 e. The van der Waals surface area contributed by atoms with Gasteiger partial charge in [0.05, 0.1) is 33.9 Å². The summed E-state index contributed by atoms with van der Waals surface area (Å²) in [6.07, 6.45) is 1.58. The molecule has 0 amide bonds. The number of nitro benzene ring substituents is 1. The van der Waals surface area contributed by atoms with Crippen LogP contribution in [0.4, 0.5) is 17.1 Å². The molecule has 0 saturated heterocycles. The lowest BCUT2D eigenvalue weighted by Crippen LogP contribution is -1.97. The van der Waals surface area contributed by atoms with E-state index >= 15 is 0 Å². The predicted octanol–water partition coefficient (Wildman–Crippen LogP) is 3.09. The molecule has 1 aromatic heterocycles. The Bertz CT molecular complexity index is 878. The second kappa shape index (κ2) is 4.94. The molecule has 7 heteroatoms. The first-order chi connectivity index (χ1) is 10.2. The fourth-order valence-corrected chi connectivity index (χ4v) is 2.02. The molecule has 3 rings (SSSR count). The van der Waals surface area contributed by atoms with Crippen LogP contribution in [-0.4, -0.2) is 14.9 Å². The molecule has 0 aliphatic rings. The lowest BCUT2D eigenvalue weighted by Gasteiger charge is -2.07. The van der Waals surface area contributed by atoms with Crippen LogP contribution in [0, 0.1) is 21.4 Å². The van der Waals surface area contributed by atoms with Gasteiger partial charge >= 0.3 is 0 Å². The number of H-pyrrole nitrogens is 1. The number of nitrogens with zero attached hydrogens (tertiary/aromatic N) is 3. The Morgan fingerprint density at radius 1 is 1.29 bits per heavy atom. The molecule has 0 atom stereocenters. The molecule has 0 aliphatic carbocycles.